The van der Waals surface area contributed by atoms with Crippen LogP contribution in [-0.2, 0) is 20.0 Å². The van der Waals surface area contributed by atoms with Crippen LogP contribution < -0.4 is 10.6 Å². The van der Waals surface area contributed by atoms with Gasteiger partial charge in [-0.2, -0.15) is 5.10 Å². The van der Waals surface area contributed by atoms with Crippen LogP contribution in [0, 0.1) is 6.92 Å². The molecular formula is C15H24N6. The van der Waals surface area contributed by atoms with Gasteiger partial charge in [0.15, 0.2) is 0 Å². The van der Waals surface area contributed by atoms with Gasteiger partial charge in [-0.3, -0.25) is 4.68 Å². The number of anilines is 2. The maximum atomic E-state index is 4.38. The lowest BCUT2D eigenvalue weighted by atomic mass is 10.2. The number of nitrogens with one attached hydrogen (secondary N) is 2. The first-order valence-electron chi connectivity index (χ1n) is 7.46. The largest absolute Gasteiger partial charge is 0.370 e. The molecule has 114 valence electrons. The minimum atomic E-state index is 0.719. The van der Waals surface area contributed by atoms with E-state index in [1.54, 1.807) is 6.33 Å². The van der Waals surface area contributed by atoms with Crippen molar-refractivity contribution in [1.29, 1.82) is 0 Å². The van der Waals surface area contributed by atoms with E-state index in [9.17, 15) is 0 Å². The highest BCUT2D eigenvalue weighted by molar-refractivity contribution is 5.57. The van der Waals surface area contributed by atoms with Gasteiger partial charge in [0.25, 0.3) is 0 Å². The Morgan fingerprint density at radius 2 is 1.86 bits per heavy atom. The minimum Gasteiger partial charge on any atom is -0.370 e. The Hall–Kier alpha value is -2.11. The van der Waals surface area contributed by atoms with E-state index < -0.39 is 0 Å². The average Bonchev–Trinajstić information content (AvgIpc) is 2.80. The van der Waals surface area contributed by atoms with Crippen molar-refractivity contribution in [3.63, 3.8) is 0 Å². The van der Waals surface area contributed by atoms with E-state index in [2.05, 4.69) is 39.5 Å². The van der Waals surface area contributed by atoms with E-state index in [-0.39, 0.29) is 0 Å². The average molecular weight is 288 g/mol. The molecule has 21 heavy (non-hydrogen) atoms. The summed E-state index contributed by atoms with van der Waals surface area (Å²) in [6.45, 7) is 7.93. The second-order valence-corrected chi connectivity index (χ2v) is 5.10. The smallest absolute Gasteiger partial charge is 0.134 e. The standard InChI is InChI=1S/C15H24N6/c1-5-7-16-14-13(6-2)15(19-10-18-14)17-8-12-9-21(4)20-11(12)3/h9-10H,5-8H2,1-4H3,(H2,16,17,18,19). The number of aryl methyl sites for hydroxylation is 2. The highest BCUT2D eigenvalue weighted by Gasteiger charge is 2.10. The molecule has 0 radical (unpaired) electrons. The van der Waals surface area contributed by atoms with E-state index >= 15 is 0 Å². The number of hydrogen-bond acceptors (Lipinski definition) is 5. The molecule has 2 N–H and O–H groups in total. The van der Waals surface area contributed by atoms with Gasteiger partial charge in [0.05, 0.1) is 5.69 Å². The molecule has 0 bridgehead atoms. The molecule has 0 amide bonds. The van der Waals surface area contributed by atoms with Gasteiger partial charge in [-0.05, 0) is 19.8 Å². The molecule has 0 aliphatic heterocycles. The fraction of sp³-hybridized carbons (Fsp3) is 0.533. The summed E-state index contributed by atoms with van der Waals surface area (Å²) in [5.41, 5.74) is 3.36. The summed E-state index contributed by atoms with van der Waals surface area (Å²) >= 11 is 0. The Morgan fingerprint density at radius 3 is 2.43 bits per heavy atom. The Morgan fingerprint density at radius 1 is 1.14 bits per heavy atom. The summed E-state index contributed by atoms with van der Waals surface area (Å²) in [7, 11) is 1.94. The highest BCUT2D eigenvalue weighted by Crippen LogP contribution is 2.21. The number of hydrogen-bond donors (Lipinski definition) is 2. The van der Waals surface area contributed by atoms with Gasteiger partial charge in [-0.15, -0.1) is 0 Å². The van der Waals surface area contributed by atoms with Gasteiger partial charge in [-0.25, -0.2) is 9.97 Å². The topological polar surface area (TPSA) is 67.7 Å². The van der Waals surface area contributed by atoms with E-state index in [1.807, 2.05) is 24.9 Å². The van der Waals surface area contributed by atoms with Crippen molar-refractivity contribution in [3.8, 4) is 0 Å². The van der Waals surface area contributed by atoms with Gasteiger partial charge in [0.1, 0.15) is 18.0 Å². The van der Waals surface area contributed by atoms with Crippen molar-refractivity contribution in [1.82, 2.24) is 19.7 Å². The summed E-state index contributed by atoms with van der Waals surface area (Å²) in [5, 5.41) is 11.1. The van der Waals surface area contributed by atoms with E-state index in [1.165, 1.54) is 5.56 Å². The zero-order valence-electron chi connectivity index (χ0n) is 13.3. The van der Waals surface area contributed by atoms with Gasteiger partial charge in [0.2, 0.25) is 0 Å². The predicted octanol–water partition coefficient (Wildman–Crippen LogP) is 2.51. The Bertz CT molecular complexity index is 590. The SMILES string of the molecule is CCCNc1ncnc(NCc2cn(C)nc2C)c1CC. The molecule has 0 fully saturated rings. The Labute approximate surface area is 126 Å². The fourth-order valence-corrected chi connectivity index (χ4v) is 2.30. The molecule has 0 spiro atoms. The molecular weight excluding hydrogens is 264 g/mol. The van der Waals surface area contributed by atoms with Gasteiger partial charge in [0, 0.05) is 37.5 Å². The van der Waals surface area contributed by atoms with Crippen LogP contribution in [0.25, 0.3) is 0 Å². The van der Waals surface area contributed by atoms with Crippen LogP contribution in [0.4, 0.5) is 11.6 Å². The van der Waals surface area contributed by atoms with Crippen LogP contribution >= 0.6 is 0 Å². The first-order chi connectivity index (χ1) is 10.2. The number of rotatable bonds is 7. The molecule has 2 aromatic heterocycles. The minimum absolute atomic E-state index is 0.719. The summed E-state index contributed by atoms with van der Waals surface area (Å²) in [6, 6.07) is 0. The van der Waals surface area contributed by atoms with E-state index in [0.29, 0.717) is 0 Å². The lowest BCUT2D eigenvalue weighted by molar-refractivity contribution is 0.756. The third-order valence-corrected chi connectivity index (χ3v) is 3.40. The lowest BCUT2D eigenvalue weighted by Crippen LogP contribution is -2.10. The van der Waals surface area contributed by atoms with Crippen LogP contribution in [-0.4, -0.2) is 26.3 Å². The second-order valence-electron chi connectivity index (χ2n) is 5.10. The summed E-state index contributed by atoms with van der Waals surface area (Å²) < 4.78 is 1.83. The van der Waals surface area contributed by atoms with E-state index in [0.717, 1.165) is 48.8 Å². The quantitative estimate of drug-likeness (QED) is 0.819. The molecule has 0 unspecified atom stereocenters. The molecule has 0 aliphatic rings. The van der Waals surface area contributed by atoms with Gasteiger partial charge < -0.3 is 10.6 Å². The zero-order valence-corrected chi connectivity index (χ0v) is 13.3. The van der Waals surface area contributed by atoms with E-state index in [4.69, 9.17) is 0 Å². The second kappa shape index (κ2) is 7.06. The van der Waals surface area contributed by atoms with Crippen molar-refractivity contribution in [3.05, 3.63) is 29.3 Å². The monoisotopic (exact) mass is 288 g/mol. The van der Waals surface area contributed by atoms with Gasteiger partial charge >= 0.3 is 0 Å². The van der Waals surface area contributed by atoms with Crippen LogP contribution in [0.2, 0.25) is 0 Å². The first-order valence-corrected chi connectivity index (χ1v) is 7.46. The fourth-order valence-electron chi connectivity index (χ4n) is 2.30. The molecule has 0 atom stereocenters. The molecule has 2 heterocycles. The first kappa shape index (κ1) is 15.3. The van der Waals surface area contributed by atoms with Crippen molar-refractivity contribution < 1.29 is 0 Å². The molecule has 2 rings (SSSR count). The van der Waals surface area contributed by atoms with Crippen molar-refractivity contribution in [2.45, 2.75) is 40.2 Å². The molecule has 6 heteroatoms. The highest BCUT2D eigenvalue weighted by atomic mass is 15.3. The lowest BCUT2D eigenvalue weighted by Gasteiger charge is -2.14. The molecule has 0 aromatic carbocycles. The van der Waals surface area contributed by atoms with Crippen LogP contribution in [0.3, 0.4) is 0 Å². The summed E-state index contributed by atoms with van der Waals surface area (Å²) in [5.74, 6) is 1.83. The summed E-state index contributed by atoms with van der Waals surface area (Å²) in [4.78, 5) is 8.73. The molecule has 2 aromatic rings. The molecule has 0 aliphatic carbocycles. The van der Waals surface area contributed by atoms with Crippen LogP contribution in [0.5, 0.6) is 0 Å². The maximum absolute atomic E-state index is 4.38. The van der Waals surface area contributed by atoms with Gasteiger partial charge in [-0.1, -0.05) is 13.8 Å². The molecule has 0 saturated heterocycles. The molecule has 0 saturated carbocycles. The van der Waals surface area contributed by atoms with Crippen LogP contribution in [0.15, 0.2) is 12.5 Å². The normalized spacial score (nSPS) is 10.7. The predicted molar refractivity (Wildman–Crippen MR) is 85.5 cm³/mol. The van der Waals surface area contributed by atoms with Crippen molar-refractivity contribution >= 4 is 11.6 Å². The Kier molecular flexibility index (Phi) is 5.14. The number of aromatic nitrogens is 4. The Balaban J connectivity index is 2.13. The molecule has 6 nitrogen and oxygen atoms in total. The third kappa shape index (κ3) is 3.71. The zero-order chi connectivity index (χ0) is 15.2. The van der Waals surface area contributed by atoms with Crippen LogP contribution in [0.1, 0.15) is 37.1 Å². The van der Waals surface area contributed by atoms with Crippen molar-refractivity contribution in [2.75, 3.05) is 17.2 Å². The third-order valence-electron chi connectivity index (χ3n) is 3.40. The number of nitrogens with zero attached hydrogens (tertiary/aromatic N) is 4. The maximum Gasteiger partial charge on any atom is 0.134 e. The summed E-state index contributed by atoms with van der Waals surface area (Å²) in [6.07, 6.45) is 5.60. The van der Waals surface area contributed by atoms with Crippen molar-refractivity contribution in [2.24, 2.45) is 7.05 Å².